The minimum atomic E-state index is -0.201. The molecule has 13 heavy (non-hydrogen) atoms. The first-order valence-electron chi connectivity index (χ1n) is 4.67. The van der Waals surface area contributed by atoms with E-state index in [-0.39, 0.29) is 11.5 Å². The standard InChI is InChI=1S/C9H18N2O2/c1-9(2,6-10)7-11-4-3-5-13-8(11)12/h3-7,10H2,1-2H3. The maximum Gasteiger partial charge on any atom is 0.409 e. The summed E-state index contributed by atoms with van der Waals surface area (Å²) in [5.41, 5.74) is 5.57. The van der Waals surface area contributed by atoms with Crippen LogP contribution >= 0.6 is 0 Å². The second kappa shape index (κ2) is 3.96. The molecule has 0 aliphatic carbocycles. The van der Waals surface area contributed by atoms with Crippen LogP contribution in [0.1, 0.15) is 20.3 Å². The fourth-order valence-electron chi connectivity index (χ4n) is 1.32. The Balaban J connectivity index is 2.47. The van der Waals surface area contributed by atoms with Gasteiger partial charge in [0.15, 0.2) is 0 Å². The van der Waals surface area contributed by atoms with E-state index >= 15 is 0 Å². The summed E-state index contributed by atoms with van der Waals surface area (Å²) in [6, 6.07) is 0. The molecule has 0 aromatic heterocycles. The Bertz CT molecular complexity index is 192. The molecular weight excluding hydrogens is 168 g/mol. The van der Waals surface area contributed by atoms with Gasteiger partial charge < -0.3 is 15.4 Å². The van der Waals surface area contributed by atoms with Crippen LogP contribution in [0.25, 0.3) is 0 Å². The number of ether oxygens (including phenoxy) is 1. The molecule has 1 rings (SSSR count). The van der Waals surface area contributed by atoms with Gasteiger partial charge in [0.25, 0.3) is 0 Å². The minimum absolute atomic E-state index is 0.0175. The third-order valence-corrected chi connectivity index (χ3v) is 2.23. The normalized spacial score (nSPS) is 18.7. The lowest BCUT2D eigenvalue weighted by Crippen LogP contribution is -2.45. The predicted octanol–water partition coefficient (Wildman–Crippen LogP) is 0.814. The van der Waals surface area contributed by atoms with E-state index in [4.69, 9.17) is 10.5 Å². The van der Waals surface area contributed by atoms with Crippen LogP contribution in [0.15, 0.2) is 0 Å². The molecule has 0 bridgehead atoms. The molecule has 0 saturated carbocycles. The van der Waals surface area contributed by atoms with Crippen molar-refractivity contribution in [2.24, 2.45) is 11.1 Å². The predicted molar refractivity (Wildman–Crippen MR) is 50.4 cm³/mol. The van der Waals surface area contributed by atoms with Crippen molar-refractivity contribution in [2.45, 2.75) is 20.3 Å². The van der Waals surface area contributed by atoms with Crippen LogP contribution in [-0.2, 0) is 4.74 Å². The molecular formula is C9H18N2O2. The Hall–Kier alpha value is -0.770. The van der Waals surface area contributed by atoms with E-state index in [0.29, 0.717) is 19.7 Å². The van der Waals surface area contributed by atoms with Gasteiger partial charge in [-0.05, 0) is 18.4 Å². The third-order valence-electron chi connectivity index (χ3n) is 2.23. The maximum atomic E-state index is 11.3. The van der Waals surface area contributed by atoms with Crippen LogP contribution in [0.4, 0.5) is 4.79 Å². The fraction of sp³-hybridized carbons (Fsp3) is 0.889. The van der Waals surface area contributed by atoms with Gasteiger partial charge in [0.1, 0.15) is 0 Å². The van der Waals surface area contributed by atoms with E-state index in [1.807, 2.05) is 0 Å². The molecule has 0 unspecified atom stereocenters. The van der Waals surface area contributed by atoms with E-state index in [1.54, 1.807) is 4.90 Å². The van der Waals surface area contributed by atoms with Crippen LogP contribution in [0, 0.1) is 5.41 Å². The molecule has 1 aliphatic heterocycles. The summed E-state index contributed by atoms with van der Waals surface area (Å²) in [6.07, 6.45) is 0.722. The highest BCUT2D eigenvalue weighted by molar-refractivity contribution is 5.68. The largest absolute Gasteiger partial charge is 0.449 e. The van der Waals surface area contributed by atoms with Gasteiger partial charge >= 0.3 is 6.09 Å². The van der Waals surface area contributed by atoms with E-state index in [9.17, 15) is 4.79 Å². The van der Waals surface area contributed by atoms with Crippen LogP contribution in [-0.4, -0.2) is 37.2 Å². The quantitative estimate of drug-likeness (QED) is 0.709. The lowest BCUT2D eigenvalue weighted by Gasteiger charge is -2.33. The molecule has 0 aromatic carbocycles. The van der Waals surface area contributed by atoms with Gasteiger partial charge in [0.2, 0.25) is 0 Å². The van der Waals surface area contributed by atoms with Crippen LogP contribution < -0.4 is 5.73 Å². The van der Waals surface area contributed by atoms with E-state index in [0.717, 1.165) is 13.0 Å². The highest BCUT2D eigenvalue weighted by Gasteiger charge is 2.26. The van der Waals surface area contributed by atoms with Crippen LogP contribution in [0.2, 0.25) is 0 Å². The van der Waals surface area contributed by atoms with Crippen molar-refractivity contribution < 1.29 is 9.53 Å². The van der Waals surface area contributed by atoms with E-state index in [1.165, 1.54) is 0 Å². The number of hydrogen-bond acceptors (Lipinski definition) is 3. The lowest BCUT2D eigenvalue weighted by molar-refractivity contribution is 0.0584. The number of carbonyl (C=O) groups is 1. The van der Waals surface area contributed by atoms with Gasteiger partial charge in [-0.3, -0.25) is 0 Å². The Kier molecular flexibility index (Phi) is 3.14. The molecule has 1 saturated heterocycles. The summed E-state index contributed by atoms with van der Waals surface area (Å²) < 4.78 is 4.93. The minimum Gasteiger partial charge on any atom is -0.449 e. The Morgan fingerprint density at radius 2 is 2.31 bits per heavy atom. The fourth-order valence-corrected chi connectivity index (χ4v) is 1.32. The molecule has 0 spiro atoms. The number of nitrogens with zero attached hydrogens (tertiary/aromatic N) is 1. The van der Waals surface area contributed by atoms with Crippen molar-refractivity contribution in [3.05, 3.63) is 0 Å². The lowest BCUT2D eigenvalue weighted by atomic mass is 9.93. The Morgan fingerprint density at radius 1 is 1.62 bits per heavy atom. The summed E-state index contributed by atoms with van der Waals surface area (Å²) in [6.45, 7) is 6.71. The van der Waals surface area contributed by atoms with E-state index < -0.39 is 0 Å². The zero-order chi connectivity index (χ0) is 9.90. The first-order valence-corrected chi connectivity index (χ1v) is 4.67. The highest BCUT2D eigenvalue weighted by atomic mass is 16.6. The zero-order valence-corrected chi connectivity index (χ0v) is 8.38. The number of hydrogen-bond donors (Lipinski definition) is 1. The second-order valence-electron chi connectivity index (χ2n) is 4.26. The SMILES string of the molecule is CC(C)(CN)CN1CCCOC1=O. The number of nitrogens with two attached hydrogens (primary N) is 1. The number of amides is 1. The summed E-state index contributed by atoms with van der Waals surface area (Å²) in [5, 5.41) is 0. The van der Waals surface area contributed by atoms with Crippen molar-refractivity contribution in [3.63, 3.8) is 0 Å². The molecule has 4 heteroatoms. The summed E-state index contributed by atoms with van der Waals surface area (Å²) in [4.78, 5) is 13.0. The Morgan fingerprint density at radius 3 is 2.85 bits per heavy atom. The van der Waals surface area contributed by atoms with Crippen molar-refractivity contribution in [1.29, 1.82) is 0 Å². The van der Waals surface area contributed by atoms with Gasteiger partial charge in [-0.1, -0.05) is 13.8 Å². The molecule has 4 nitrogen and oxygen atoms in total. The summed E-state index contributed by atoms with van der Waals surface area (Å²) >= 11 is 0. The maximum absolute atomic E-state index is 11.3. The first kappa shape index (κ1) is 10.3. The molecule has 0 atom stereocenters. The topological polar surface area (TPSA) is 55.6 Å². The van der Waals surface area contributed by atoms with E-state index in [2.05, 4.69) is 13.8 Å². The number of carbonyl (C=O) groups excluding carboxylic acids is 1. The first-order chi connectivity index (χ1) is 6.05. The summed E-state index contributed by atoms with van der Waals surface area (Å²) in [5.74, 6) is 0. The molecule has 76 valence electrons. The monoisotopic (exact) mass is 186 g/mol. The molecule has 0 aromatic rings. The number of cyclic esters (lactones) is 1. The number of rotatable bonds is 3. The van der Waals surface area contributed by atoms with Crippen LogP contribution in [0.3, 0.4) is 0 Å². The molecule has 2 N–H and O–H groups in total. The van der Waals surface area contributed by atoms with Crippen molar-refractivity contribution >= 4 is 6.09 Å². The molecule has 0 radical (unpaired) electrons. The summed E-state index contributed by atoms with van der Waals surface area (Å²) in [7, 11) is 0. The Labute approximate surface area is 79.0 Å². The smallest absolute Gasteiger partial charge is 0.409 e. The van der Waals surface area contributed by atoms with Crippen molar-refractivity contribution in [2.75, 3.05) is 26.2 Å². The molecule has 1 fully saturated rings. The molecule has 1 amide bonds. The molecule has 1 heterocycles. The average Bonchev–Trinajstić information content (AvgIpc) is 2.09. The highest BCUT2D eigenvalue weighted by Crippen LogP contribution is 2.17. The van der Waals surface area contributed by atoms with Gasteiger partial charge in [0.05, 0.1) is 6.61 Å². The van der Waals surface area contributed by atoms with Crippen molar-refractivity contribution in [1.82, 2.24) is 4.90 Å². The second-order valence-corrected chi connectivity index (χ2v) is 4.26. The van der Waals surface area contributed by atoms with Gasteiger partial charge in [-0.25, -0.2) is 4.79 Å². The zero-order valence-electron chi connectivity index (χ0n) is 8.38. The van der Waals surface area contributed by atoms with Crippen molar-refractivity contribution in [3.8, 4) is 0 Å². The van der Waals surface area contributed by atoms with Gasteiger partial charge in [-0.2, -0.15) is 0 Å². The van der Waals surface area contributed by atoms with Crippen LogP contribution in [0.5, 0.6) is 0 Å². The average molecular weight is 186 g/mol. The van der Waals surface area contributed by atoms with Gasteiger partial charge in [-0.15, -0.1) is 0 Å². The molecule has 1 aliphatic rings. The van der Waals surface area contributed by atoms with Gasteiger partial charge in [0, 0.05) is 13.1 Å². The third kappa shape index (κ3) is 2.88.